The van der Waals surface area contributed by atoms with E-state index in [-0.39, 0.29) is 20.4 Å². The Kier molecular flexibility index (Phi) is 16.1. The molecule has 0 aliphatic rings. The van der Waals surface area contributed by atoms with Crippen molar-refractivity contribution in [3.05, 3.63) is 5.48 Å². The third-order valence-electron chi connectivity index (χ3n) is 0.141. The van der Waals surface area contributed by atoms with E-state index in [2.05, 4.69) is 5.48 Å². The second kappa shape index (κ2) is 8.82. The summed E-state index contributed by atoms with van der Waals surface area (Å²) in [6, 6.07) is 0. The Labute approximate surface area is 45.2 Å². The van der Waals surface area contributed by atoms with Crippen LogP contribution in [0.2, 0.25) is 0 Å². The van der Waals surface area contributed by atoms with Crippen LogP contribution < -0.4 is 0 Å². The van der Waals surface area contributed by atoms with Gasteiger partial charge in [-0.1, -0.05) is 6.92 Å². The first-order valence-corrected chi connectivity index (χ1v) is 1.22. The maximum atomic E-state index is 7.50. The maximum absolute atomic E-state index is 7.50. The molecule has 0 fully saturated rings. The smallest absolute Gasteiger partial charge is 0 e. The van der Waals surface area contributed by atoms with Crippen molar-refractivity contribution in [2.45, 2.75) is 6.92 Å². The Hall–Kier alpha value is 0.582. The van der Waals surface area contributed by atoms with E-state index in [0.717, 1.165) is 0 Å². The SMILES string of the molecule is CC[N-]O.[Re]. The van der Waals surface area contributed by atoms with Gasteiger partial charge >= 0.3 is 0 Å². The molecule has 0 rings (SSSR count). The molecule has 0 aromatic rings. The third kappa shape index (κ3) is 12.2. The van der Waals surface area contributed by atoms with Crippen molar-refractivity contribution in [1.29, 1.82) is 0 Å². The second-order valence-electron chi connectivity index (χ2n) is 0.458. The van der Waals surface area contributed by atoms with Gasteiger partial charge in [0.1, 0.15) is 0 Å². The van der Waals surface area contributed by atoms with Gasteiger partial charge in [-0.15, -0.1) is 6.54 Å². The van der Waals surface area contributed by atoms with Crippen LogP contribution in [0.1, 0.15) is 6.92 Å². The minimum Gasteiger partial charge on any atom is -0.538 e. The van der Waals surface area contributed by atoms with Crippen molar-refractivity contribution in [2.75, 3.05) is 6.54 Å². The number of hydrogen-bond donors (Lipinski definition) is 1. The summed E-state index contributed by atoms with van der Waals surface area (Å²) in [5, 5.41) is 7.50. The Bertz CT molecular complexity index is 11.6. The van der Waals surface area contributed by atoms with Gasteiger partial charge in [0.2, 0.25) is 0 Å². The van der Waals surface area contributed by atoms with Crippen molar-refractivity contribution in [3.8, 4) is 0 Å². The molecule has 0 aromatic carbocycles. The summed E-state index contributed by atoms with van der Waals surface area (Å²) in [7, 11) is 0. The van der Waals surface area contributed by atoms with E-state index >= 15 is 0 Å². The van der Waals surface area contributed by atoms with Crippen LogP contribution in [0.4, 0.5) is 0 Å². The zero-order valence-electron chi connectivity index (χ0n) is 2.98. The normalized spacial score (nSPS) is 6.00. The minimum absolute atomic E-state index is 0. The predicted molar refractivity (Wildman–Crippen MR) is 15.7 cm³/mol. The van der Waals surface area contributed by atoms with Gasteiger partial charge in [-0.2, -0.15) is 0 Å². The quantitative estimate of drug-likeness (QED) is 0.681. The number of hydroxylamine groups is 1. The van der Waals surface area contributed by atoms with Gasteiger partial charge < -0.3 is 10.7 Å². The molecule has 2 nitrogen and oxygen atoms in total. The molecule has 0 aromatic heterocycles. The predicted octanol–water partition coefficient (Wildman–Crippen LogP) is 0.767. The first kappa shape index (κ1) is 9.13. The van der Waals surface area contributed by atoms with Crippen LogP contribution in [0.3, 0.4) is 0 Å². The van der Waals surface area contributed by atoms with E-state index in [1.807, 2.05) is 0 Å². The molecule has 0 spiro atoms. The molecule has 0 aliphatic heterocycles. The van der Waals surface area contributed by atoms with Crippen molar-refractivity contribution in [2.24, 2.45) is 0 Å². The molecular formula is C2H6NORe-. The van der Waals surface area contributed by atoms with E-state index in [1.165, 1.54) is 0 Å². The summed E-state index contributed by atoms with van der Waals surface area (Å²) in [5.41, 5.74) is 2.74. The van der Waals surface area contributed by atoms with Crippen molar-refractivity contribution < 1.29 is 25.6 Å². The first-order valence-electron chi connectivity index (χ1n) is 1.22. The van der Waals surface area contributed by atoms with Gasteiger partial charge in [-0.3, -0.25) is 0 Å². The molecule has 0 aliphatic carbocycles. The van der Waals surface area contributed by atoms with Gasteiger partial charge in [0.05, 0.1) is 0 Å². The summed E-state index contributed by atoms with van der Waals surface area (Å²) >= 11 is 0. The van der Waals surface area contributed by atoms with Crippen LogP contribution in [-0.4, -0.2) is 11.8 Å². The third-order valence-corrected chi connectivity index (χ3v) is 0.141. The molecule has 0 bridgehead atoms. The minimum atomic E-state index is 0. The van der Waals surface area contributed by atoms with Gasteiger partial charge in [0, 0.05) is 20.4 Å². The topological polar surface area (TPSA) is 34.3 Å². The molecule has 0 saturated heterocycles. The molecule has 5 heavy (non-hydrogen) atoms. The molecule has 1 radical (unpaired) electrons. The van der Waals surface area contributed by atoms with E-state index in [9.17, 15) is 0 Å². The largest absolute Gasteiger partial charge is 0.538 e. The Balaban J connectivity index is 0. The van der Waals surface area contributed by atoms with E-state index in [4.69, 9.17) is 5.21 Å². The standard InChI is InChI=1S/C2H6NO.Re/c1-2-3-4;/h4H,2H2,1H3;/q-1;. The van der Waals surface area contributed by atoms with E-state index < -0.39 is 0 Å². The second-order valence-corrected chi connectivity index (χ2v) is 0.458. The number of hydrogen-bond acceptors (Lipinski definition) is 1. The van der Waals surface area contributed by atoms with Crippen molar-refractivity contribution >= 4 is 0 Å². The average molecular weight is 246 g/mol. The van der Waals surface area contributed by atoms with Crippen LogP contribution in [0.15, 0.2) is 0 Å². The molecule has 0 saturated carbocycles. The molecule has 0 heterocycles. The fraction of sp³-hybridized carbons (Fsp3) is 1.00. The van der Waals surface area contributed by atoms with Crippen molar-refractivity contribution in [3.63, 3.8) is 0 Å². The molecular weight excluding hydrogens is 240 g/mol. The van der Waals surface area contributed by atoms with Gasteiger partial charge in [-0.25, -0.2) is 0 Å². The molecule has 0 unspecified atom stereocenters. The zero-order valence-corrected chi connectivity index (χ0v) is 5.70. The summed E-state index contributed by atoms with van der Waals surface area (Å²) in [6.45, 7) is 2.26. The van der Waals surface area contributed by atoms with Crippen LogP contribution in [0.5, 0.6) is 0 Å². The summed E-state index contributed by atoms with van der Waals surface area (Å²) in [6.07, 6.45) is 0. The van der Waals surface area contributed by atoms with Crippen LogP contribution in [-0.2, 0) is 20.4 Å². The monoisotopic (exact) mass is 247 g/mol. The Morgan fingerprint density at radius 1 is 1.80 bits per heavy atom. The van der Waals surface area contributed by atoms with E-state index in [1.54, 1.807) is 6.92 Å². The average Bonchev–Trinajstić information content (AvgIpc) is 1.37. The number of nitrogens with zero attached hydrogens (tertiary/aromatic N) is 1. The molecule has 0 atom stereocenters. The summed E-state index contributed by atoms with van der Waals surface area (Å²) < 4.78 is 0. The fourth-order valence-electron chi connectivity index (χ4n) is 0. The molecule has 3 heteroatoms. The molecule has 33 valence electrons. The fourth-order valence-corrected chi connectivity index (χ4v) is 0. The number of rotatable bonds is 1. The summed E-state index contributed by atoms with van der Waals surface area (Å²) in [4.78, 5) is 0. The van der Waals surface area contributed by atoms with Gasteiger partial charge in [0.15, 0.2) is 0 Å². The Morgan fingerprint density at radius 3 is 2.00 bits per heavy atom. The van der Waals surface area contributed by atoms with Gasteiger partial charge in [-0.05, 0) is 0 Å². The van der Waals surface area contributed by atoms with E-state index in [0.29, 0.717) is 6.54 Å². The van der Waals surface area contributed by atoms with Crippen molar-refractivity contribution in [1.82, 2.24) is 0 Å². The molecule has 0 amide bonds. The van der Waals surface area contributed by atoms with Crippen LogP contribution >= 0.6 is 0 Å². The van der Waals surface area contributed by atoms with Crippen LogP contribution in [0, 0.1) is 0 Å². The van der Waals surface area contributed by atoms with Crippen LogP contribution in [0.25, 0.3) is 5.48 Å². The molecule has 1 N–H and O–H groups in total. The summed E-state index contributed by atoms with van der Waals surface area (Å²) in [5.74, 6) is 0. The van der Waals surface area contributed by atoms with Gasteiger partial charge in [0.25, 0.3) is 0 Å². The zero-order chi connectivity index (χ0) is 3.41. The first-order chi connectivity index (χ1) is 1.91. The Morgan fingerprint density at radius 2 is 2.00 bits per heavy atom. The maximum Gasteiger partial charge on any atom is 0 e.